The molecule has 0 aromatic carbocycles. The van der Waals surface area contributed by atoms with Crippen LogP contribution in [-0.2, 0) is 11.1 Å². The van der Waals surface area contributed by atoms with Gasteiger partial charge in [-0.3, -0.25) is 9.78 Å². The summed E-state index contributed by atoms with van der Waals surface area (Å²) in [6, 6.07) is 0. The summed E-state index contributed by atoms with van der Waals surface area (Å²) in [4.78, 5) is 42.7. The zero-order valence-electron chi connectivity index (χ0n) is 12.3. The van der Waals surface area contributed by atoms with Gasteiger partial charge in [-0.2, -0.15) is 16.7 Å². The van der Waals surface area contributed by atoms with E-state index in [1.54, 1.807) is 4.57 Å². The van der Waals surface area contributed by atoms with E-state index in [1.165, 1.54) is 6.33 Å². The molecule has 0 unspecified atom stereocenters. The molecule has 0 aliphatic heterocycles. The smallest absolute Gasteiger partial charge is 0.810 e. The van der Waals surface area contributed by atoms with Gasteiger partial charge in [-0.25, -0.2) is 4.98 Å². The Labute approximate surface area is 174 Å². The number of aromatic nitrogens is 4. The first-order chi connectivity index (χ1) is 9.37. The monoisotopic (exact) mass is 363 g/mol. The number of thioether (sulfide) groups is 1. The summed E-state index contributed by atoms with van der Waals surface area (Å²) in [6.07, 6.45) is 2.09. The molecule has 0 saturated carbocycles. The van der Waals surface area contributed by atoms with Crippen molar-refractivity contribution in [3.05, 3.63) is 16.7 Å². The molecule has 2 aromatic rings. The van der Waals surface area contributed by atoms with Gasteiger partial charge in [0.15, 0.2) is 11.2 Å². The summed E-state index contributed by atoms with van der Waals surface area (Å²) in [6.45, 7) is 0.501. The van der Waals surface area contributed by atoms with Gasteiger partial charge < -0.3 is 24.7 Å². The number of rotatable bonds is 6. The fourth-order valence-corrected chi connectivity index (χ4v) is 3.39. The van der Waals surface area contributed by atoms with Crippen LogP contribution < -0.4 is 80.2 Å². The molecule has 0 amide bonds. The van der Waals surface area contributed by atoms with Crippen molar-refractivity contribution in [3.63, 3.8) is 0 Å². The summed E-state index contributed by atoms with van der Waals surface area (Å²) in [5, 5.41) is 0. The Bertz CT molecular complexity index is 718. The Hall–Kier alpha value is 0.650. The number of imidazole rings is 1. The molecule has 0 atom stereocenters. The standard InChI is InChI=1S/C9H14N5O4PS.2Na/c10-9-12-7-6(8(15)13-9)11-4-14(7)2-1-3-20-5-19(16,17)18;;/h4H,1-3,5H2,(H2,16,17,18)(H3,10,12,13,15);;/q;2*+1/p-2. The third-order valence-electron chi connectivity index (χ3n) is 2.43. The van der Waals surface area contributed by atoms with Crippen molar-refractivity contribution in [1.29, 1.82) is 0 Å². The normalized spacial score (nSPS) is 11.0. The van der Waals surface area contributed by atoms with Crippen LogP contribution in [0, 0.1) is 0 Å². The number of nitrogens with zero attached hydrogens (tertiary/aromatic N) is 3. The Morgan fingerprint density at radius 1 is 1.41 bits per heavy atom. The molecule has 0 bridgehead atoms. The molecule has 0 saturated heterocycles. The molecule has 22 heavy (non-hydrogen) atoms. The number of fused-ring (bicyclic) bond motifs is 1. The molecule has 2 aromatic heterocycles. The second kappa shape index (κ2) is 9.83. The molecule has 110 valence electrons. The van der Waals surface area contributed by atoms with E-state index in [9.17, 15) is 19.1 Å². The van der Waals surface area contributed by atoms with E-state index in [4.69, 9.17) is 5.73 Å². The van der Waals surface area contributed by atoms with Crippen molar-refractivity contribution in [2.24, 2.45) is 0 Å². The quantitative estimate of drug-likeness (QED) is 0.292. The van der Waals surface area contributed by atoms with Crippen molar-refractivity contribution in [1.82, 2.24) is 19.5 Å². The number of H-pyrrole nitrogens is 1. The first-order valence-electron chi connectivity index (χ1n) is 5.66. The van der Waals surface area contributed by atoms with Crippen molar-refractivity contribution in [2.45, 2.75) is 13.0 Å². The van der Waals surface area contributed by atoms with E-state index in [0.717, 1.165) is 11.8 Å². The van der Waals surface area contributed by atoms with Gasteiger partial charge in [0, 0.05) is 12.0 Å². The van der Waals surface area contributed by atoms with Crippen LogP contribution in [0.4, 0.5) is 5.95 Å². The fraction of sp³-hybridized carbons (Fsp3) is 0.444. The number of anilines is 1. The average Bonchev–Trinajstić information content (AvgIpc) is 2.70. The second-order valence-electron chi connectivity index (χ2n) is 4.06. The zero-order valence-corrected chi connectivity index (χ0v) is 18.0. The number of aromatic amines is 1. The molecule has 13 heteroatoms. The van der Waals surface area contributed by atoms with E-state index in [2.05, 4.69) is 15.0 Å². The van der Waals surface area contributed by atoms with Crippen LogP contribution in [0.5, 0.6) is 0 Å². The Morgan fingerprint density at radius 3 is 2.73 bits per heavy atom. The molecule has 0 spiro atoms. The predicted molar refractivity (Wildman–Crippen MR) is 72.1 cm³/mol. The van der Waals surface area contributed by atoms with Gasteiger partial charge in [0.25, 0.3) is 5.56 Å². The van der Waals surface area contributed by atoms with Crippen molar-refractivity contribution in [2.75, 3.05) is 17.0 Å². The molecule has 3 N–H and O–H groups in total. The van der Waals surface area contributed by atoms with E-state index >= 15 is 0 Å². The Morgan fingerprint density at radius 2 is 2.09 bits per heavy atom. The van der Waals surface area contributed by atoms with Gasteiger partial charge in [0.2, 0.25) is 5.95 Å². The van der Waals surface area contributed by atoms with E-state index in [-0.39, 0.29) is 70.6 Å². The molecular weight excluding hydrogens is 351 g/mol. The second-order valence-corrected chi connectivity index (χ2v) is 7.13. The maximum absolute atomic E-state index is 11.5. The van der Waals surface area contributed by atoms with Gasteiger partial charge in [0.1, 0.15) is 0 Å². The van der Waals surface area contributed by atoms with Crippen LogP contribution in [0.2, 0.25) is 0 Å². The van der Waals surface area contributed by atoms with Crippen LogP contribution in [0.25, 0.3) is 11.2 Å². The first kappa shape index (κ1) is 22.6. The minimum atomic E-state index is -4.45. The largest absolute Gasteiger partial charge is 1.00 e. The first-order valence-corrected chi connectivity index (χ1v) is 8.54. The summed E-state index contributed by atoms with van der Waals surface area (Å²) in [5.41, 5.74) is 5.24. The fourth-order valence-electron chi connectivity index (χ4n) is 1.65. The molecule has 2 rings (SSSR count). The summed E-state index contributed by atoms with van der Waals surface area (Å²) in [5.74, 6) is 0.518. The van der Waals surface area contributed by atoms with Crippen molar-refractivity contribution in [3.8, 4) is 0 Å². The summed E-state index contributed by atoms with van der Waals surface area (Å²) in [7, 11) is -4.45. The molecule has 0 aliphatic rings. The van der Waals surface area contributed by atoms with Crippen molar-refractivity contribution < 1.29 is 73.5 Å². The average molecular weight is 363 g/mol. The van der Waals surface area contributed by atoms with Crippen LogP contribution >= 0.6 is 19.4 Å². The number of hydrogen-bond donors (Lipinski definition) is 2. The van der Waals surface area contributed by atoms with Gasteiger partial charge in [-0.15, -0.1) is 0 Å². The van der Waals surface area contributed by atoms with E-state index < -0.39 is 18.6 Å². The third-order valence-corrected chi connectivity index (χ3v) is 5.00. The number of nitrogens with two attached hydrogens (primary N) is 1. The number of nitrogens with one attached hydrogen (secondary N) is 1. The van der Waals surface area contributed by atoms with Gasteiger partial charge in [0.05, 0.1) is 6.33 Å². The van der Waals surface area contributed by atoms with Crippen LogP contribution in [0.1, 0.15) is 6.42 Å². The number of nitrogen functional groups attached to an aromatic ring is 1. The van der Waals surface area contributed by atoms with Crippen LogP contribution in [0.3, 0.4) is 0 Å². The molecule has 0 radical (unpaired) electrons. The van der Waals surface area contributed by atoms with Gasteiger partial charge in [-0.05, 0) is 12.2 Å². The minimum Gasteiger partial charge on any atom is -0.810 e. The van der Waals surface area contributed by atoms with Crippen LogP contribution in [0.15, 0.2) is 11.1 Å². The SMILES string of the molecule is Nc1nc2c(ncn2CCCSCP(=O)([O-])[O-])c(=O)[nH]1.[Na+].[Na+]. The summed E-state index contributed by atoms with van der Waals surface area (Å²) >= 11 is 1.06. The molecular formula is C9H12N5Na2O4PS. The third kappa shape index (κ3) is 6.64. The Balaban J connectivity index is 0.00000220. The Kier molecular flexibility index (Phi) is 10.1. The molecule has 9 nitrogen and oxygen atoms in total. The van der Waals surface area contributed by atoms with Gasteiger partial charge >= 0.3 is 59.1 Å². The van der Waals surface area contributed by atoms with Crippen molar-refractivity contribution >= 4 is 36.5 Å². The molecule has 2 heterocycles. The molecule has 0 fully saturated rings. The maximum atomic E-state index is 11.5. The topological polar surface area (TPSA) is 153 Å². The van der Waals surface area contributed by atoms with Gasteiger partial charge in [-0.1, -0.05) is 7.60 Å². The predicted octanol–water partition coefficient (Wildman–Crippen LogP) is -7.30. The molecule has 0 aliphatic carbocycles. The zero-order chi connectivity index (χ0) is 14.8. The van der Waals surface area contributed by atoms with E-state index in [1.807, 2.05) is 0 Å². The number of aryl methyl sites for hydroxylation is 1. The summed E-state index contributed by atoms with van der Waals surface area (Å²) < 4.78 is 12.1. The van der Waals surface area contributed by atoms with Crippen LogP contribution in [-0.4, -0.2) is 30.8 Å². The minimum absolute atomic E-state index is 0. The number of hydrogen-bond acceptors (Lipinski definition) is 8. The van der Waals surface area contributed by atoms with E-state index in [0.29, 0.717) is 24.4 Å². The maximum Gasteiger partial charge on any atom is 1.00 e.